The molecule has 0 aliphatic rings. The first-order valence-corrected chi connectivity index (χ1v) is 9.23. The van der Waals surface area contributed by atoms with Crippen LogP contribution in [0.4, 0.5) is 13.2 Å². The molecule has 1 N–H and O–H groups in total. The summed E-state index contributed by atoms with van der Waals surface area (Å²) >= 11 is 0. The van der Waals surface area contributed by atoms with Crippen LogP contribution in [0.2, 0.25) is 0 Å². The molecular weight excluding hydrogens is 371 g/mol. The number of halogens is 3. The van der Waals surface area contributed by atoms with Crippen LogP contribution in [0.1, 0.15) is 12.5 Å². The van der Waals surface area contributed by atoms with Gasteiger partial charge in [0.25, 0.3) is 0 Å². The van der Waals surface area contributed by atoms with E-state index in [1.54, 1.807) is 24.3 Å². The molecule has 0 aromatic heterocycles. The van der Waals surface area contributed by atoms with Crippen molar-refractivity contribution in [2.45, 2.75) is 18.0 Å². The Bertz CT molecular complexity index is 803. The van der Waals surface area contributed by atoms with Gasteiger partial charge >= 0.3 is 6.18 Å². The fourth-order valence-corrected chi connectivity index (χ4v) is 3.06. The van der Waals surface area contributed by atoms with Crippen molar-refractivity contribution >= 4 is 10.0 Å². The normalized spacial score (nSPS) is 12.0. The molecule has 2 aromatic rings. The van der Waals surface area contributed by atoms with Crippen LogP contribution in [0.25, 0.3) is 0 Å². The van der Waals surface area contributed by atoms with Gasteiger partial charge in [-0.3, -0.25) is 0 Å². The van der Waals surface area contributed by atoms with Gasteiger partial charge in [0.05, 0.1) is 17.1 Å². The molecule has 0 amide bonds. The van der Waals surface area contributed by atoms with Gasteiger partial charge in [0.2, 0.25) is 10.0 Å². The lowest BCUT2D eigenvalue weighted by molar-refractivity contribution is -0.137. The van der Waals surface area contributed by atoms with E-state index in [0.29, 0.717) is 18.1 Å². The molecule has 0 saturated carbocycles. The Morgan fingerprint density at radius 1 is 0.923 bits per heavy atom. The zero-order valence-electron chi connectivity index (χ0n) is 13.9. The van der Waals surface area contributed by atoms with Gasteiger partial charge in [-0.2, -0.15) is 13.2 Å². The fraction of sp³-hybridized carbons (Fsp3) is 0.294. The largest absolute Gasteiger partial charge is 0.494 e. The Hall–Kier alpha value is -2.26. The molecular formula is C17H18F3NO4S. The summed E-state index contributed by atoms with van der Waals surface area (Å²) in [7, 11) is -3.91. The fourth-order valence-electron chi connectivity index (χ4n) is 2.05. The predicted octanol–water partition coefficient (Wildman–Crippen LogP) is 3.46. The van der Waals surface area contributed by atoms with E-state index in [-0.39, 0.29) is 18.0 Å². The van der Waals surface area contributed by atoms with Crippen LogP contribution in [-0.2, 0) is 16.2 Å². The van der Waals surface area contributed by atoms with Gasteiger partial charge in [0.1, 0.15) is 18.1 Å². The van der Waals surface area contributed by atoms with E-state index < -0.39 is 21.8 Å². The van der Waals surface area contributed by atoms with Crippen molar-refractivity contribution in [2.75, 3.05) is 19.8 Å². The lowest BCUT2D eigenvalue weighted by Crippen LogP contribution is -2.28. The van der Waals surface area contributed by atoms with Crippen LogP contribution in [0.15, 0.2) is 53.4 Å². The standard InChI is InChI=1S/C17H18F3NO4S/c1-2-24-14-5-7-15(8-6-14)25-12-11-21-26(22,23)16-9-3-13(4-10-16)17(18,19)20/h3-10,21H,2,11-12H2,1H3. The Morgan fingerprint density at radius 2 is 1.46 bits per heavy atom. The lowest BCUT2D eigenvalue weighted by atomic mass is 10.2. The molecule has 0 atom stereocenters. The summed E-state index contributed by atoms with van der Waals surface area (Å²) in [5.41, 5.74) is -0.907. The third-order valence-electron chi connectivity index (χ3n) is 3.29. The van der Waals surface area contributed by atoms with E-state index in [0.717, 1.165) is 24.3 Å². The van der Waals surface area contributed by atoms with E-state index in [2.05, 4.69) is 4.72 Å². The van der Waals surface area contributed by atoms with Gasteiger partial charge in [-0.05, 0) is 55.5 Å². The van der Waals surface area contributed by atoms with Crippen molar-refractivity contribution in [3.8, 4) is 11.5 Å². The quantitative estimate of drug-likeness (QED) is 0.703. The highest BCUT2D eigenvalue weighted by molar-refractivity contribution is 7.89. The van der Waals surface area contributed by atoms with Crippen LogP contribution in [0, 0.1) is 0 Å². The van der Waals surface area contributed by atoms with E-state index in [1.807, 2.05) is 6.92 Å². The Balaban J connectivity index is 1.86. The number of sulfonamides is 1. The first kappa shape index (κ1) is 20.1. The minimum absolute atomic E-state index is 0.0312. The number of benzene rings is 2. The predicted molar refractivity (Wildman–Crippen MR) is 89.7 cm³/mol. The summed E-state index contributed by atoms with van der Waals surface area (Å²) in [6.45, 7) is 2.45. The number of hydrogen-bond donors (Lipinski definition) is 1. The third-order valence-corrected chi connectivity index (χ3v) is 4.77. The van der Waals surface area contributed by atoms with Gasteiger partial charge < -0.3 is 9.47 Å². The molecule has 142 valence electrons. The number of hydrogen-bond acceptors (Lipinski definition) is 4. The maximum atomic E-state index is 12.5. The molecule has 9 heteroatoms. The summed E-state index contributed by atoms with van der Waals surface area (Å²) in [6.07, 6.45) is -4.51. The van der Waals surface area contributed by atoms with Gasteiger partial charge in [-0.25, -0.2) is 13.1 Å². The minimum atomic E-state index is -4.51. The molecule has 0 heterocycles. The maximum Gasteiger partial charge on any atom is 0.416 e. The first-order chi connectivity index (χ1) is 12.2. The number of ether oxygens (including phenoxy) is 2. The number of rotatable bonds is 8. The zero-order valence-corrected chi connectivity index (χ0v) is 14.7. The van der Waals surface area contributed by atoms with Gasteiger partial charge in [-0.15, -0.1) is 0 Å². The van der Waals surface area contributed by atoms with Crippen LogP contribution < -0.4 is 14.2 Å². The van der Waals surface area contributed by atoms with Gasteiger partial charge in [-0.1, -0.05) is 0 Å². The average molecular weight is 389 g/mol. The lowest BCUT2D eigenvalue weighted by Gasteiger charge is -2.10. The van der Waals surface area contributed by atoms with Gasteiger partial charge in [0.15, 0.2) is 0 Å². The maximum absolute atomic E-state index is 12.5. The molecule has 2 aromatic carbocycles. The second-order valence-electron chi connectivity index (χ2n) is 5.17. The molecule has 0 spiro atoms. The summed E-state index contributed by atoms with van der Waals surface area (Å²) in [4.78, 5) is -0.244. The van der Waals surface area contributed by atoms with Crippen LogP contribution in [0.5, 0.6) is 11.5 Å². The molecule has 0 aliphatic carbocycles. The molecule has 2 rings (SSSR count). The molecule has 26 heavy (non-hydrogen) atoms. The summed E-state index contributed by atoms with van der Waals surface area (Å²) in [6, 6.07) is 10.1. The molecule has 0 aliphatic heterocycles. The SMILES string of the molecule is CCOc1ccc(OCCNS(=O)(=O)c2ccc(C(F)(F)F)cc2)cc1. The Labute approximate surface area is 149 Å². The summed E-state index contributed by atoms with van der Waals surface area (Å²) in [5, 5.41) is 0. The average Bonchev–Trinajstić information content (AvgIpc) is 2.60. The molecule has 0 saturated heterocycles. The molecule has 0 fully saturated rings. The van der Waals surface area contributed by atoms with Gasteiger partial charge in [0, 0.05) is 6.54 Å². The zero-order chi connectivity index (χ0) is 19.2. The Morgan fingerprint density at radius 3 is 1.96 bits per heavy atom. The highest BCUT2D eigenvalue weighted by Crippen LogP contribution is 2.29. The monoisotopic (exact) mass is 389 g/mol. The molecule has 0 unspecified atom stereocenters. The number of nitrogens with one attached hydrogen (secondary N) is 1. The van der Waals surface area contributed by atoms with Crippen molar-refractivity contribution < 1.29 is 31.1 Å². The first-order valence-electron chi connectivity index (χ1n) is 7.75. The highest BCUT2D eigenvalue weighted by atomic mass is 32.2. The van der Waals surface area contributed by atoms with Crippen LogP contribution in [0.3, 0.4) is 0 Å². The highest BCUT2D eigenvalue weighted by Gasteiger charge is 2.30. The summed E-state index contributed by atoms with van der Waals surface area (Å²) < 4.78 is 74.6. The van der Waals surface area contributed by atoms with E-state index in [1.165, 1.54) is 0 Å². The van der Waals surface area contributed by atoms with E-state index >= 15 is 0 Å². The van der Waals surface area contributed by atoms with Crippen LogP contribution >= 0.6 is 0 Å². The van der Waals surface area contributed by atoms with Crippen molar-refractivity contribution in [1.29, 1.82) is 0 Å². The Kier molecular flexibility index (Phi) is 6.49. The van der Waals surface area contributed by atoms with Crippen molar-refractivity contribution in [3.63, 3.8) is 0 Å². The van der Waals surface area contributed by atoms with Crippen LogP contribution in [-0.4, -0.2) is 28.2 Å². The topological polar surface area (TPSA) is 64.6 Å². The second-order valence-corrected chi connectivity index (χ2v) is 6.94. The van der Waals surface area contributed by atoms with Crippen molar-refractivity contribution in [2.24, 2.45) is 0 Å². The smallest absolute Gasteiger partial charge is 0.416 e. The van der Waals surface area contributed by atoms with Crippen molar-refractivity contribution in [1.82, 2.24) is 4.72 Å². The molecule has 5 nitrogen and oxygen atoms in total. The molecule has 0 bridgehead atoms. The summed E-state index contributed by atoms with van der Waals surface area (Å²) in [5.74, 6) is 1.24. The number of alkyl halides is 3. The van der Waals surface area contributed by atoms with E-state index in [4.69, 9.17) is 9.47 Å². The third kappa shape index (κ3) is 5.63. The second kappa shape index (κ2) is 8.41. The molecule has 0 radical (unpaired) electrons. The minimum Gasteiger partial charge on any atom is -0.494 e. The van der Waals surface area contributed by atoms with E-state index in [9.17, 15) is 21.6 Å². The van der Waals surface area contributed by atoms with Crippen molar-refractivity contribution in [3.05, 3.63) is 54.1 Å².